The van der Waals surface area contributed by atoms with E-state index in [0.717, 1.165) is 5.56 Å². The third kappa shape index (κ3) is 1.69. The van der Waals surface area contributed by atoms with Crippen molar-refractivity contribution in [3.8, 4) is 17.2 Å². The summed E-state index contributed by atoms with van der Waals surface area (Å²) in [5, 5.41) is 3.69. The van der Waals surface area contributed by atoms with Gasteiger partial charge in [-0.2, -0.15) is 4.98 Å². The molecule has 0 atom stereocenters. The van der Waals surface area contributed by atoms with E-state index in [9.17, 15) is 0 Å². The monoisotopic (exact) mass is 303 g/mol. The average molecular weight is 303 g/mol. The van der Waals surface area contributed by atoms with E-state index in [-0.39, 0.29) is 0 Å². The minimum atomic E-state index is 0.439. The van der Waals surface area contributed by atoms with Gasteiger partial charge in [0.1, 0.15) is 5.75 Å². The Morgan fingerprint density at radius 3 is 3.00 bits per heavy atom. The van der Waals surface area contributed by atoms with Crippen LogP contribution in [-0.4, -0.2) is 22.2 Å². The van der Waals surface area contributed by atoms with E-state index >= 15 is 0 Å². The van der Waals surface area contributed by atoms with E-state index in [4.69, 9.17) is 9.26 Å². The SMILES string of the molecule is COc1cnccc1-c1nc(I)no1. The summed E-state index contributed by atoms with van der Waals surface area (Å²) in [4.78, 5) is 8.02. The fourth-order valence-corrected chi connectivity index (χ4v) is 1.35. The highest BCUT2D eigenvalue weighted by Crippen LogP contribution is 2.26. The lowest BCUT2D eigenvalue weighted by molar-refractivity contribution is 0.402. The number of ether oxygens (including phenoxy) is 1. The lowest BCUT2D eigenvalue weighted by atomic mass is 10.2. The zero-order valence-corrected chi connectivity index (χ0v) is 9.43. The topological polar surface area (TPSA) is 61.0 Å². The van der Waals surface area contributed by atoms with Gasteiger partial charge in [-0.25, -0.2) is 0 Å². The van der Waals surface area contributed by atoms with Gasteiger partial charge in [0.2, 0.25) is 3.83 Å². The minimum Gasteiger partial charge on any atom is -0.494 e. The molecule has 6 heteroatoms. The molecule has 2 aromatic heterocycles. The Hall–Kier alpha value is -1.18. The molecule has 2 aromatic rings. The van der Waals surface area contributed by atoms with Crippen LogP contribution in [0.5, 0.6) is 5.75 Å². The first kappa shape index (κ1) is 9.38. The number of hydrogen-bond acceptors (Lipinski definition) is 5. The molecule has 2 rings (SSSR count). The lowest BCUT2D eigenvalue weighted by Gasteiger charge is -2.01. The molecule has 14 heavy (non-hydrogen) atoms. The number of rotatable bonds is 2. The van der Waals surface area contributed by atoms with E-state index in [2.05, 4.69) is 15.1 Å². The van der Waals surface area contributed by atoms with Crippen molar-refractivity contribution in [2.45, 2.75) is 0 Å². The molecular weight excluding hydrogens is 297 g/mol. The summed E-state index contributed by atoms with van der Waals surface area (Å²) in [7, 11) is 1.57. The van der Waals surface area contributed by atoms with Crippen LogP contribution in [0.4, 0.5) is 0 Å². The van der Waals surface area contributed by atoms with E-state index in [1.54, 1.807) is 25.6 Å². The van der Waals surface area contributed by atoms with Crippen molar-refractivity contribution in [3.05, 3.63) is 22.3 Å². The maximum atomic E-state index is 5.12. The Morgan fingerprint density at radius 1 is 1.50 bits per heavy atom. The molecule has 0 aliphatic carbocycles. The molecule has 0 aliphatic rings. The van der Waals surface area contributed by atoms with E-state index in [1.165, 1.54) is 0 Å². The van der Waals surface area contributed by atoms with Crippen molar-refractivity contribution in [1.29, 1.82) is 0 Å². The molecule has 0 unspecified atom stereocenters. The summed E-state index contributed by atoms with van der Waals surface area (Å²) < 4.78 is 10.7. The first-order valence-electron chi connectivity index (χ1n) is 3.79. The zero-order valence-electron chi connectivity index (χ0n) is 7.27. The molecular formula is C8H6IN3O2. The first-order chi connectivity index (χ1) is 6.81. The summed E-state index contributed by atoms with van der Waals surface area (Å²) in [5.74, 6) is 1.06. The van der Waals surface area contributed by atoms with Crippen LogP contribution < -0.4 is 4.74 Å². The molecule has 0 amide bonds. The Morgan fingerprint density at radius 2 is 2.36 bits per heavy atom. The molecule has 72 valence electrons. The van der Waals surface area contributed by atoms with Gasteiger partial charge in [-0.3, -0.25) is 4.98 Å². The second-order valence-electron chi connectivity index (χ2n) is 2.44. The number of pyridine rings is 1. The fraction of sp³-hybridized carbons (Fsp3) is 0.125. The van der Waals surface area contributed by atoms with Crippen molar-refractivity contribution in [3.63, 3.8) is 0 Å². The van der Waals surface area contributed by atoms with Crippen LogP contribution in [0.2, 0.25) is 0 Å². The van der Waals surface area contributed by atoms with Gasteiger partial charge in [0.25, 0.3) is 5.89 Å². The second kappa shape index (κ2) is 3.91. The lowest BCUT2D eigenvalue weighted by Crippen LogP contribution is -1.88. The Bertz CT molecular complexity index is 444. The highest BCUT2D eigenvalue weighted by atomic mass is 127. The maximum Gasteiger partial charge on any atom is 0.262 e. The van der Waals surface area contributed by atoms with Crippen LogP contribution in [0.3, 0.4) is 0 Å². The van der Waals surface area contributed by atoms with Crippen molar-refractivity contribution >= 4 is 22.6 Å². The molecule has 0 saturated carbocycles. The van der Waals surface area contributed by atoms with E-state index in [1.807, 2.05) is 22.6 Å². The van der Waals surface area contributed by atoms with Gasteiger partial charge in [0.05, 0.1) is 18.9 Å². The summed E-state index contributed by atoms with van der Waals surface area (Å²) in [5.41, 5.74) is 0.748. The number of halogens is 1. The Labute approximate surface area is 93.6 Å². The molecule has 0 saturated heterocycles. The highest BCUT2D eigenvalue weighted by molar-refractivity contribution is 14.1. The van der Waals surface area contributed by atoms with Crippen molar-refractivity contribution in [2.75, 3.05) is 7.11 Å². The van der Waals surface area contributed by atoms with Crippen molar-refractivity contribution in [2.24, 2.45) is 0 Å². The highest BCUT2D eigenvalue weighted by Gasteiger charge is 2.11. The van der Waals surface area contributed by atoms with Crippen LogP contribution in [-0.2, 0) is 0 Å². The van der Waals surface area contributed by atoms with Crippen molar-refractivity contribution < 1.29 is 9.26 Å². The smallest absolute Gasteiger partial charge is 0.262 e. The third-order valence-electron chi connectivity index (χ3n) is 1.64. The molecule has 2 heterocycles. The quantitative estimate of drug-likeness (QED) is 0.791. The molecule has 0 spiro atoms. The van der Waals surface area contributed by atoms with Gasteiger partial charge < -0.3 is 9.26 Å². The van der Waals surface area contributed by atoms with Gasteiger partial charge in [-0.05, 0) is 6.07 Å². The zero-order chi connectivity index (χ0) is 9.97. The largest absolute Gasteiger partial charge is 0.494 e. The number of hydrogen-bond donors (Lipinski definition) is 0. The standard InChI is InChI=1S/C8H6IN3O2/c1-13-6-4-10-3-2-5(6)7-11-8(9)12-14-7/h2-4H,1H3. The van der Waals surface area contributed by atoms with Gasteiger partial charge in [0, 0.05) is 28.8 Å². The maximum absolute atomic E-state index is 5.12. The van der Waals surface area contributed by atoms with Crippen LogP contribution >= 0.6 is 22.6 Å². The molecule has 0 aromatic carbocycles. The van der Waals surface area contributed by atoms with Crippen LogP contribution in [0.25, 0.3) is 11.5 Å². The second-order valence-corrected chi connectivity index (χ2v) is 3.41. The Balaban J connectivity index is 2.50. The average Bonchev–Trinajstić information content (AvgIpc) is 2.65. The molecule has 0 bridgehead atoms. The predicted molar refractivity (Wildman–Crippen MR) is 56.8 cm³/mol. The van der Waals surface area contributed by atoms with Crippen LogP contribution in [0, 0.1) is 3.83 Å². The fourth-order valence-electron chi connectivity index (χ4n) is 1.03. The normalized spacial score (nSPS) is 10.1. The minimum absolute atomic E-state index is 0.439. The number of methoxy groups -OCH3 is 1. The molecule has 0 fully saturated rings. The van der Waals surface area contributed by atoms with Crippen molar-refractivity contribution in [1.82, 2.24) is 15.1 Å². The summed E-state index contributed by atoms with van der Waals surface area (Å²) >= 11 is 1.98. The van der Waals surface area contributed by atoms with Gasteiger partial charge in [-0.15, -0.1) is 0 Å². The molecule has 0 radical (unpaired) electrons. The predicted octanol–water partition coefficient (Wildman–Crippen LogP) is 1.74. The molecule has 0 N–H and O–H groups in total. The number of aromatic nitrogens is 3. The van der Waals surface area contributed by atoms with Crippen LogP contribution in [0.15, 0.2) is 23.0 Å². The third-order valence-corrected chi connectivity index (χ3v) is 2.07. The summed E-state index contributed by atoms with van der Waals surface area (Å²) in [6, 6.07) is 1.77. The summed E-state index contributed by atoms with van der Waals surface area (Å²) in [6.45, 7) is 0. The number of nitrogens with zero attached hydrogens (tertiary/aromatic N) is 3. The summed E-state index contributed by atoms with van der Waals surface area (Å²) in [6.07, 6.45) is 3.25. The van der Waals surface area contributed by atoms with Gasteiger partial charge in [0.15, 0.2) is 0 Å². The first-order valence-corrected chi connectivity index (χ1v) is 4.86. The van der Waals surface area contributed by atoms with Crippen LogP contribution in [0.1, 0.15) is 0 Å². The van der Waals surface area contributed by atoms with Gasteiger partial charge >= 0.3 is 0 Å². The van der Waals surface area contributed by atoms with Gasteiger partial charge in [-0.1, -0.05) is 5.16 Å². The molecule has 5 nitrogen and oxygen atoms in total. The Kier molecular flexibility index (Phi) is 2.62. The molecule has 0 aliphatic heterocycles. The van der Waals surface area contributed by atoms with E-state index in [0.29, 0.717) is 15.5 Å². The van der Waals surface area contributed by atoms with E-state index < -0.39 is 0 Å².